The number of aliphatic hydroxyl groups is 1. The molecular formula is C20H30IN3O4. The summed E-state index contributed by atoms with van der Waals surface area (Å²) in [4.78, 5) is 4.51. The average Bonchev–Trinajstić information content (AvgIpc) is 3.21. The number of hydrogen-bond acceptors (Lipinski definition) is 5. The molecule has 1 aromatic heterocycles. The Hall–Kier alpha value is -1.78. The second kappa shape index (κ2) is 15.2. The Kier molecular flexibility index (Phi) is 13.2. The van der Waals surface area contributed by atoms with Crippen molar-refractivity contribution in [1.29, 1.82) is 0 Å². The lowest BCUT2D eigenvalue weighted by Gasteiger charge is -2.12. The Bertz CT molecular complexity index is 648. The molecule has 0 aliphatic rings. The van der Waals surface area contributed by atoms with Crippen molar-refractivity contribution in [3.63, 3.8) is 0 Å². The molecule has 8 heteroatoms. The predicted molar refractivity (Wildman–Crippen MR) is 121 cm³/mol. The van der Waals surface area contributed by atoms with Crippen LogP contribution in [-0.4, -0.2) is 57.6 Å². The van der Waals surface area contributed by atoms with Gasteiger partial charge in [-0.15, -0.1) is 24.0 Å². The Morgan fingerprint density at radius 3 is 2.46 bits per heavy atom. The lowest BCUT2D eigenvalue weighted by molar-refractivity contribution is 0.0977. The summed E-state index contributed by atoms with van der Waals surface area (Å²) < 4.78 is 15.8. The molecule has 2 aromatic rings. The Labute approximate surface area is 183 Å². The Morgan fingerprint density at radius 2 is 1.82 bits per heavy atom. The number of aliphatic hydroxyl groups excluding tert-OH is 1. The maximum Gasteiger partial charge on any atom is 0.191 e. The summed E-state index contributed by atoms with van der Waals surface area (Å²) in [5.74, 6) is 2.53. The molecule has 1 aromatic carbocycles. The molecule has 0 aliphatic carbocycles. The van der Waals surface area contributed by atoms with Crippen LogP contribution >= 0.6 is 24.0 Å². The van der Waals surface area contributed by atoms with Crippen LogP contribution in [0.1, 0.15) is 11.3 Å². The molecule has 3 N–H and O–H groups in total. The Balaban J connectivity index is 0.00000392. The van der Waals surface area contributed by atoms with Crippen molar-refractivity contribution >= 4 is 29.9 Å². The minimum atomic E-state index is 0. The van der Waals surface area contributed by atoms with Crippen molar-refractivity contribution in [3.05, 3.63) is 54.0 Å². The first-order valence-electron chi connectivity index (χ1n) is 9.18. The summed E-state index contributed by atoms with van der Waals surface area (Å²) >= 11 is 0. The normalized spacial score (nSPS) is 11.0. The van der Waals surface area contributed by atoms with Crippen molar-refractivity contribution in [2.45, 2.75) is 12.8 Å². The highest BCUT2D eigenvalue weighted by atomic mass is 127. The van der Waals surface area contributed by atoms with E-state index >= 15 is 0 Å². The fraction of sp³-hybridized carbons (Fsp3) is 0.450. The number of benzene rings is 1. The molecule has 0 bridgehead atoms. The molecule has 0 aliphatic heterocycles. The van der Waals surface area contributed by atoms with Crippen molar-refractivity contribution in [3.8, 4) is 5.75 Å². The summed E-state index contributed by atoms with van der Waals surface area (Å²) in [6.07, 6.45) is 3.34. The van der Waals surface area contributed by atoms with Gasteiger partial charge in [-0.2, -0.15) is 0 Å². The fourth-order valence-corrected chi connectivity index (χ4v) is 2.44. The predicted octanol–water partition coefficient (Wildman–Crippen LogP) is 2.24. The zero-order chi connectivity index (χ0) is 19.2. The number of nitrogens with zero attached hydrogens (tertiary/aromatic N) is 1. The van der Waals surface area contributed by atoms with Gasteiger partial charge in [-0.1, -0.05) is 12.1 Å². The highest BCUT2D eigenvalue weighted by Crippen LogP contribution is 2.11. The number of hydrogen-bond donors (Lipinski definition) is 3. The second-order valence-electron chi connectivity index (χ2n) is 5.85. The van der Waals surface area contributed by atoms with Gasteiger partial charge in [-0.25, -0.2) is 0 Å². The summed E-state index contributed by atoms with van der Waals surface area (Å²) in [5, 5.41) is 15.4. The molecule has 1 heterocycles. The number of nitrogens with one attached hydrogen (secondary N) is 2. The van der Waals surface area contributed by atoms with Crippen LogP contribution in [0.5, 0.6) is 5.75 Å². The van der Waals surface area contributed by atoms with Crippen LogP contribution in [0.25, 0.3) is 0 Å². The first-order chi connectivity index (χ1) is 13.3. The maximum absolute atomic E-state index is 8.74. The lowest BCUT2D eigenvalue weighted by Crippen LogP contribution is -2.39. The van der Waals surface area contributed by atoms with E-state index in [9.17, 15) is 0 Å². The molecular weight excluding hydrogens is 473 g/mol. The smallest absolute Gasteiger partial charge is 0.191 e. The number of halogens is 1. The summed E-state index contributed by atoms with van der Waals surface area (Å²) in [6, 6.07) is 11.9. The van der Waals surface area contributed by atoms with Crippen LogP contribution in [0.2, 0.25) is 0 Å². The molecule has 0 fully saturated rings. The van der Waals surface area contributed by atoms with Gasteiger partial charge in [-0.3, -0.25) is 4.99 Å². The van der Waals surface area contributed by atoms with Gasteiger partial charge in [0.05, 0.1) is 39.7 Å². The third-order valence-electron chi connectivity index (χ3n) is 3.85. The van der Waals surface area contributed by atoms with Gasteiger partial charge in [0, 0.05) is 19.5 Å². The highest BCUT2D eigenvalue weighted by Gasteiger charge is 2.01. The van der Waals surface area contributed by atoms with Gasteiger partial charge >= 0.3 is 0 Å². The van der Waals surface area contributed by atoms with Crippen molar-refractivity contribution in [2.75, 3.05) is 46.6 Å². The number of aliphatic imine (C=N–C) groups is 1. The molecule has 0 amide bonds. The highest BCUT2D eigenvalue weighted by molar-refractivity contribution is 14.0. The zero-order valence-electron chi connectivity index (χ0n) is 16.2. The molecule has 156 valence electrons. The van der Waals surface area contributed by atoms with E-state index in [1.54, 1.807) is 13.4 Å². The zero-order valence-corrected chi connectivity index (χ0v) is 18.6. The molecule has 0 atom stereocenters. The van der Waals surface area contributed by atoms with Gasteiger partial charge < -0.3 is 29.6 Å². The first-order valence-corrected chi connectivity index (χ1v) is 9.18. The van der Waals surface area contributed by atoms with Gasteiger partial charge in [0.2, 0.25) is 0 Å². The monoisotopic (exact) mass is 503 g/mol. The van der Waals surface area contributed by atoms with Crippen LogP contribution in [0.4, 0.5) is 0 Å². The van der Waals surface area contributed by atoms with E-state index in [0.29, 0.717) is 19.8 Å². The van der Waals surface area contributed by atoms with Gasteiger partial charge in [0.25, 0.3) is 0 Å². The van der Waals surface area contributed by atoms with E-state index in [2.05, 4.69) is 27.8 Å². The van der Waals surface area contributed by atoms with E-state index in [0.717, 1.165) is 43.4 Å². The van der Waals surface area contributed by atoms with Gasteiger partial charge in [0.15, 0.2) is 5.96 Å². The third-order valence-corrected chi connectivity index (χ3v) is 3.85. The maximum atomic E-state index is 8.74. The van der Waals surface area contributed by atoms with Crippen LogP contribution < -0.4 is 15.4 Å². The van der Waals surface area contributed by atoms with Crippen LogP contribution in [0.3, 0.4) is 0 Å². The average molecular weight is 503 g/mol. The summed E-state index contributed by atoms with van der Waals surface area (Å²) in [7, 11) is 1.66. The minimum absolute atomic E-state index is 0. The molecule has 0 unspecified atom stereocenters. The number of furan rings is 1. The van der Waals surface area contributed by atoms with Crippen molar-refractivity contribution < 1.29 is 19.0 Å². The van der Waals surface area contributed by atoms with Crippen molar-refractivity contribution in [2.24, 2.45) is 4.99 Å². The first kappa shape index (κ1) is 24.3. The standard InChI is InChI=1S/C20H29N3O4.HI/c1-25-18-6-4-17(5-7-18)8-10-21-20(23-12-15-26-16-13-24)22-11-9-19-3-2-14-27-19;/h2-7,14,24H,8-13,15-16H2,1H3,(H2,21,22,23);1H. The largest absolute Gasteiger partial charge is 0.497 e. The molecule has 0 spiro atoms. The van der Waals surface area contributed by atoms with E-state index in [1.165, 1.54) is 5.56 Å². The number of rotatable bonds is 12. The van der Waals surface area contributed by atoms with Crippen LogP contribution in [0.15, 0.2) is 52.1 Å². The molecule has 28 heavy (non-hydrogen) atoms. The lowest BCUT2D eigenvalue weighted by atomic mass is 10.1. The Morgan fingerprint density at radius 1 is 1.07 bits per heavy atom. The summed E-state index contributed by atoms with van der Waals surface area (Å²) in [5.41, 5.74) is 1.23. The van der Waals surface area contributed by atoms with E-state index in [-0.39, 0.29) is 30.6 Å². The van der Waals surface area contributed by atoms with E-state index in [4.69, 9.17) is 19.0 Å². The third kappa shape index (κ3) is 9.95. The number of methoxy groups -OCH3 is 1. The molecule has 0 radical (unpaired) electrons. The summed E-state index contributed by atoms with van der Waals surface area (Å²) in [6.45, 7) is 2.85. The fourth-order valence-electron chi connectivity index (χ4n) is 2.44. The van der Waals surface area contributed by atoms with Gasteiger partial charge in [-0.05, 0) is 36.2 Å². The molecule has 0 saturated heterocycles. The van der Waals surface area contributed by atoms with E-state index in [1.807, 2.05) is 24.3 Å². The van der Waals surface area contributed by atoms with Gasteiger partial charge in [0.1, 0.15) is 11.5 Å². The second-order valence-corrected chi connectivity index (χ2v) is 5.85. The number of guanidine groups is 1. The SMILES string of the molecule is COc1ccc(CCNC(=NCCOCCO)NCCc2ccco2)cc1.I. The molecule has 0 saturated carbocycles. The molecule has 2 rings (SSSR count). The van der Waals surface area contributed by atoms with E-state index < -0.39 is 0 Å². The topological polar surface area (TPSA) is 88.2 Å². The number of ether oxygens (including phenoxy) is 2. The van der Waals surface area contributed by atoms with Crippen LogP contribution in [0, 0.1) is 0 Å². The minimum Gasteiger partial charge on any atom is -0.497 e. The molecule has 7 nitrogen and oxygen atoms in total. The quantitative estimate of drug-likeness (QED) is 0.178. The van der Waals surface area contributed by atoms with Crippen LogP contribution in [-0.2, 0) is 17.6 Å². The van der Waals surface area contributed by atoms with Crippen molar-refractivity contribution in [1.82, 2.24) is 10.6 Å².